The lowest BCUT2D eigenvalue weighted by molar-refractivity contribution is 0.00706. The highest BCUT2D eigenvalue weighted by Crippen LogP contribution is 2.33. The minimum absolute atomic E-state index is 0.237. The zero-order chi connectivity index (χ0) is 25.0. The van der Waals surface area contributed by atoms with Crippen molar-refractivity contribution in [2.45, 2.75) is 43.9 Å². The highest BCUT2D eigenvalue weighted by atomic mass is 35.5. The first kappa shape index (κ1) is 23.4. The van der Waals surface area contributed by atoms with Gasteiger partial charge < -0.3 is 29.4 Å². The molecule has 0 aliphatic carbocycles. The average molecular weight is 508 g/mol. The Kier molecular flexibility index (Phi) is 5.74. The van der Waals surface area contributed by atoms with E-state index in [-0.39, 0.29) is 24.9 Å². The fourth-order valence-corrected chi connectivity index (χ4v) is 4.99. The lowest BCUT2D eigenvalue weighted by Crippen LogP contribution is -2.34. The van der Waals surface area contributed by atoms with E-state index in [0.29, 0.717) is 34.5 Å². The second-order valence-electron chi connectivity index (χ2n) is 9.77. The van der Waals surface area contributed by atoms with Crippen molar-refractivity contribution in [2.75, 3.05) is 13.2 Å². The second kappa shape index (κ2) is 8.83. The van der Waals surface area contributed by atoms with E-state index in [1.54, 1.807) is 19.9 Å². The Bertz CT molecular complexity index is 1400. The first-order chi connectivity index (χ1) is 17.3. The standard InChI is InChI=1S/C27H26ClN3O5/c1-27(2,33)17-9-7-15(8-10-17)14-3-5-16(6-4-14)22-18(28)11-19-25(30-22)31-26(29-19)36-21-13-35-23-20(32)12-34-24(21)23/h3-11,20-21,23-24,32-33H,12-13H2,1-2H3,(H,29,30,31). The van der Waals surface area contributed by atoms with Crippen molar-refractivity contribution in [3.63, 3.8) is 0 Å². The summed E-state index contributed by atoms with van der Waals surface area (Å²) in [6.45, 7) is 4.09. The second-order valence-corrected chi connectivity index (χ2v) is 10.2. The fourth-order valence-electron chi connectivity index (χ4n) is 4.73. The monoisotopic (exact) mass is 507 g/mol. The zero-order valence-electron chi connectivity index (χ0n) is 19.8. The summed E-state index contributed by atoms with van der Waals surface area (Å²) in [5.41, 5.74) is 4.72. The van der Waals surface area contributed by atoms with Gasteiger partial charge in [0.05, 0.1) is 35.0 Å². The average Bonchev–Trinajstić information content (AvgIpc) is 3.55. The molecule has 0 spiro atoms. The minimum Gasteiger partial charge on any atom is -0.456 e. The van der Waals surface area contributed by atoms with Crippen molar-refractivity contribution in [1.82, 2.24) is 15.0 Å². The van der Waals surface area contributed by atoms with Gasteiger partial charge in [-0.25, -0.2) is 4.98 Å². The largest absolute Gasteiger partial charge is 0.456 e. The van der Waals surface area contributed by atoms with Crippen LogP contribution < -0.4 is 4.74 Å². The minimum atomic E-state index is -0.874. The molecule has 8 nitrogen and oxygen atoms in total. The third-order valence-electron chi connectivity index (χ3n) is 6.73. The Hall–Kier alpha value is -3.01. The van der Waals surface area contributed by atoms with Crippen LogP contribution in [-0.4, -0.2) is 62.8 Å². The van der Waals surface area contributed by atoms with E-state index < -0.39 is 11.7 Å². The van der Waals surface area contributed by atoms with Gasteiger partial charge >= 0.3 is 0 Å². The molecule has 2 saturated heterocycles. The normalized spacial score (nSPS) is 23.8. The zero-order valence-corrected chi connectivity index (χ0v) is 20.6. The van der Waals surface area contributed by atoms with Gasteiger partial charge in [-0.15, -0.1) is 0 Å². The molecule has 4 atom stereocenters. The van der Waals surface area contributed by atoms with Gasteiger partial charge in [-0.3, -0.25) is 0 Å². The van der Waals surface area contributed by atoms with E-state index in [2.05, 4.69) is 15.0 Å². The Morgan fingerprint density at radius 2 is 1.58 bits per heavy atom. The first-order valence-electron chi connectivity index (χ1n) is 11.8. The number of H-pyrrole nitrogens is 1. The maximum absolute atomic E-state index is 10.2. The number of hydrogen-bond acceptors (Lipinski definition) is 7. The van der Waals surface area contributed by atoms with Crippen molar-refractivity contribution in [1.29, 1.82) is 0 Å². The molecule has 2 aliphatic rings. The van der Waals surface area contributed by atoms with Crippen LogP contribution in [0.4, 0.5) is 0 Å². The molecule has 4 heterocycles. The topological polar surface area (TPSA) is 110 Å². The molecule has 36 heavy (non-hydrogen) atoms. The SMILES string of the molecule is CC(C)(O)c1ccc(-c2ccc(-c3nc4nc(OC5COC6C(O)COC56)[nH]c4cc3Cl)cc2)cc1. The number of aromatic nitrogens is 3. The van der Waals surface area contributed by atoms with Crippen LogP contribution >= 0.6 is 11.6 Å². The molecule has 6 rings (SSSR count). The summed E-state index contributed by atoms with van der Waals surface area (Å²) in [6, 6.07) is 17.9. The predicted octanol–water partition coefficient (Wildman–Crippen LogP) is 4.08. The molecular weight excluding hydrogens is 482 g/mol. The molecule has 0 saturated carbocycles. The molecule has 9 heteroatoms. The summed E-state index contributed by atoms with van der Waals surface area (Å²) in [5, 5.41) is 20.6. The number of aliphatic hydroxyl groups is 2. The van der Waals surface area contributed by atoms with Crippen LogP contribution in [0.1, 0.15) is 19.4 Å². The Labute approximate surface area is 212 Å². The number of halogens is 1. The van der Waals surface area contributed by atoms with Crippen LogP contribution in [-0.2, 0) is 15.1 Å². The molecule has 3 N–H and O–H groups in total. The molecule has 186 valence electrons. The van der Waals surface area contributed by atoms with Gasteiger partial charge in [0.15, 0.2) is 11.8 Å². The van der Waals surface area contributed by atoms with Crippen molar-refractivity contribution in [3.05, 3.63) is 65.2 Å². The molecule has 2 aliphatic heterocycles. The van der Waals surface area contributed by atoms with Crippen molar-refractivity contribution < 1.29 is 24.4 Å². The van der Waals surface area contributed by atoms with Gasteiger partial charge in [-0.2, -0.15) is 4.98 Å². The predicted molar refractivity (Wildman–Crippen MR) is 135 cm³/mol. The molecule has 2 aromatic carbocycles. The van der Waals surface area contributed by atoms with E-state index in [9.17, 15) is 10.2 Å². The van der Waals surface area contributed by atoms with Gasteiger partial charge in [-0.1, -0.05) is 60.1 Å². The lowest BCUT2D eigenvalue weighted by atomic mass is 9.95. The summed E-state index contributed by atoms with van der Waals surface area (Å²) in [5.74, 6) is 0. The van der Waals surface area contributed by atoms with Crippen LogP contribution in [0, 0.1) is 0 Å². The van der Waals surface area contributed by atoms with E-state index in [0.717, 1.165) is 22.3 Å². The van der Waals surface area contributed by atoms with Crippen molar-refractivity contribution >= 4 is 22.8 Å². The lowest BCUT2D eigenvalue weighted by Gasteiger charge is -2.18. The number of aliphatic hydroxyl groups excluding tert-OH is 1. The van der Waals surface area contributed by atoms with Gasteiger partial charge in [0.1, 0.15) is 18.3 Å². The van der Waals surface area contributed by atoms with Crippen molar-refractivity contribution in [3.8, 4) is 28.4 Å². The maximum atomic E-state index is 10.2. The fraction of sp³-hybridized carbons (Fsp3) is 0.333. The van der Waals surface area contributed by atoms with Gasteiger partial charge in [0.25, 0.3) is 6.01 Å². The van der Waals surface area contributed by atoms with Gasteiger partial charge in [0, 0.05) is 5.56 Å². The number of ether oxygens (including phenoxy) is 3. The van der Waals surface area contributed by atoms with Crippen LogP contribution in [0.25, 0.3) is 33.5 Å². The number of nitrogens with one attached hydrogen (secondary N) is 1. The van der Waals surface area contributed by atoms with Gasteiger partial charge in [-0.05, 0) is 36.6 Å². The number of benzene rings is 2. The molecular formula is C27H26ClN3O5. The number of imidazole rings is 1. The summed E-state index contributed by atoms with van der Waals surface area (Å²) < 4.78 is 17.2. The summed E-state index contributed by atoms with van der Waals surface area (Å²) >= 11 is 6.58. The maximum Gasteiger partial charge on any atom is 0.296 e. The summed E-state index contributed by atoms with van der Waals surface area (Å²) in [7, 11) is 0. The van der Waals surface area contributed by atoms with Crippen LogP contribution in [0.2, 0.25) is 5.02 Å². The summed E-state index contributed by atoms with van der Waals surface area (Å²) in [6.07, 6.45) is -1.71. The molecule has 4 aromatic rings. The molecule has 2 fully saturated rings. The molecule has 4 unspecified atom stereocenters. The molecule has 0 amide bonds. The molecule has 0 bridgehead atoms. The Morgan fingerprint density at radius 3 is 2.28 bits per heavy atom. The molecule has 2 aromatic heterocycles. The van der Waals surface area contributed by atoms with Crippen LogP contribution in [0.3, 0.4) is 0 Å². The van der Waals surface area contributed by atoms with Crippen molar-refractivity contribution in [2.24, 2.45) is 0 Å². The number of aromatic amines is 1. The quantitative estimate of drug-likeness (QED) is 0.373. The van der Waals surface area contributed by atoms with E-state index in [1.807, 2.05) is 48.5 Å². The Morgan fingerprint density at radius 1 is 0.944 bits per heavy atom. The van der Waals surface area contributed by atoms with Gasteiger partial charge in [0.2, 0.25) is 0 Å². The Balaban J connectivity index is 1.22. The third-order valence-corrected chi connectivity index (χ3v) is 7.02. The number of pyridine rings is 1. The number of fused-ring (bicyclic) bond motifs is 2. The third kappa shape index (κ3) is 4.25. The smallest absolute Gasteiger partial charge is 0.296 e. The highest BCUT2D eigenvalue weighted by molar-refractivity contribution is 6.33. The first-order valence-corrected chi connectivity index (χ1v) is 12.2. The van der Waals surface area contributed by atoms with Crippen LogP contribution in [0.5, 0.6) is 6.01 Å². The highest BCUT2D eigenvalue weighted by Gasteiger charge is 2.48. The summed E-state index contributed by atoms with van der Waals surface area (Å²) in [4.78, 5) is 12.3. The van der Waals surface area contributed by atoms with E-state index >= 15 is 0 Å². The molecule has 0 radical (unpaired) electrons. The van der Waals surface area contributed by atoms with E-state index in [1.165, 1.54) is 0 Å². The van der Waals surface area contributed by atoms with E-state index in [4.69, 9.17) is 25.8 Å². The number of nitrogens with zero attached hydrogens (tertiary/aromatic N) is 2. The number of rotatable bonds is 5. The van der Waals surface area contributed by atoms with Crippen LogP contribution in [0.15, 0.2) is 54.6 Å². The number of hydrogen-bond donors (Lipinski definition) is 3.